The summed E-state index contributed by atoms with van der Waals surface area (Å²) in [5.41, 5.74) is -0.211. The first-order valence-corrected chi connectivity index (χ1v) is 8.79. The van der Waals surface area contributed by atoms with Crippen LogP contribution in [0.5, 0.6) is 0 Å². The summed E-state index contributed by atoms with van der Waals surface area (Å²) in [5, 5.41) is 0. The maximum Gasteiger partial charge on any atom is 0.338 e. The standard InChI is InChI=1S/C12H13BrClFO4S/c1-6(2)7(3)19-12(16)8-4-9(15)11(13)10(5-8)20(14,17)18/h4-7H,1-3H3. The van der Waals surface area contributed by atoms with Gasteiger partial charge in [-0.05, 0) is 40.9 Å². The summed E-state index contributed by atoms with van der Waals surface area (Å²) in [4.78, 5) is 11.3. The van der Waals surface area contributed by atoms with Crippen molar-refractivity contribution in [3.8, 4) is 0 Å². The SMILES string of the molecule is CC(C)C(C)OC(=O)c1cc(F)c(Br)c(S(=O)(=O)Cl)c1. The third-order valence-electron chi connectivity index (χ3n) is 2.72. The number of carbonyl (C=O) groups excluding carboxylic acids is 1. The van der Waals surface area contributed by atoms with Crippen molar-refractivity contribution in [2.24, 2.45) is 5.92 Å². The molecule has 0 aliphatic heterocycles. The van der Waals surface area contributed by atoms with Gasteiger partial charge in [-0.1, -0.05) is 13.8 Å². The molecule has 0 bridgehead atoms. The number of rotatable bonds is 4. The molecule has 0 N–H and O–H groups in total. The summed E-state index contributed by atoms with van der Waals surface area (Å²) in [6.45, 7) is 5.40. The van der Waals surface area contributed by atoms with E-state index in [0.717, 1.165) is 12.1 Å². The number of halogens is 3. The van der Waals surface area contributed by atoms with E-state index < -0.39 is 25.7 Å². The van der Waals surface area contributed by atoms with Crippen molar-refractivity contribution in [2.45, 2.75) is 31.8 Å². The van der Waals surface area contributed by atoms with Crippen LogP contribution >= 0.6 is 26.6 Å². The molecule has 0 saturated heterocycles. The molecule has 1 aromatic carbocycles. The van der Waals surface area contributed by atoms with Crippen LogP contribution in [-0.4, -0.2) is 20.5 Å². The fourth-order valence-corrected chi connectivity index (χ4v) is 3.32. The number of benzene rings is 1. The van der Waals surface area contributed by atoms with Gasteiger partial charge < -0.3 is 4.74 Å². The molecule has 1 unspecified atom stereocenters. The van der Waals surface area contributed by atoms with Crippen LogP contribution in [0.3, 0.4) is 0 Å². The summed E-state index contributed by atoms with van der Waals surface area (Å²) < 4.78 is 41.1. The van der Waals surface area contributed by atoms with Crippen LogP contribution in [0.4, 0.5) is 4.39 Å². The highest BCUT2D eigenvalue weighted by molar-refractivity contribution is 9.10. The molecule has 0 heterocycles. The highest BCUT2D eigenvalue weighted by atomic mass is 79.9. The first-order chi connectivity index (χ1) is 9.04. The Hall–Kier alpha value is -0.660. The van der Waals surface area contributed by atoms with Crippen LogP contribution in [-0.2, 0) is 13.8 Å². The van der Waals surface area contributed by atoms with Gasteiger partial charge in [-0.2, -0.15) is 0 Å². The van der Waals surface area contributed by atoms with Crippen LogP contribution in [0.15, 0.2) is 21.5 Å². The van der Waals surface area contributed by atoms with Gasteiger partial charge in [-0.15, -0.1) is 0 Å². The second-order valence-electron chi connectivity index (χ2n) is 4.56. The average molecular weight is 388 g/mol. The summed E-state index contributed by atoms with van der Waals surface area (Å²) in [6.07, 6.45) is -0.384. The predicted octanol–water partition coefficient (Wildman–Crippen LogP) is 3.72. The second kappa shape index (κ2) is 6.41. The Labute approximate surface area is 129 Å². The molecule has 0 spiro atoms. The van der Waals surface area contributed by atoms with Gasteiger partial charge in [0.1, 0.15) is 16.8 Å². The number of hydrogen-bond donors (Lipinski definition) is 0. The lowest BCUT2D eigenvalue weighted by Crippen LogP contribution is -2.20. The topological polar surface area (TPSA) is 60.4 Å². The minimum Gasteiger partial charge on any atom is -0.459 e. The molecule has 1 atom stereocenters. The lowest BCUT2D eigenvalue weighted by atomic mass is 10.1. The molecular weight excluding hydrogens is 375 g/mol. The fraction of sp³-hybridized carbons (Fsp3) is 0.417. The van der Waals surface area contributed by atoms with Crippen molar-refractivity contribution >= 4 is 41.6 Å². The highest BCUT2D eigenvalue weighted by Crippen LogP contribution is 2.29. The molecule has 0 radical (unpaired) electrons. The lowest BCUT2D eigenvalue weighted by Gasteiger charge is -2.17. The smallest absolute Gasteiger partial charge is 0.338 e. The largest absolute Gasteiger partial charge is 0.459 e. The molecule has 112 valence electrons. The Bertz CT molecular complexity index is 631. The van der Waals surface area contributed by atoms with Gasteiger partial charge in [0.25, 0.3) is 9.05 Å². The number of esters is 1. The van der Waals surface area contributed by atoms with Gasteiger partial charge in [-0.3, -0.25) is 0 Å². The number of hydrogen-bond acceptors (Lipinski definition) is 4. The third-order valence-corrected chi connectivity index (χ3v) is 5.14. The summed E-state index contributed by atoms with van der Waals surface area (Å²) in [6, 6.07) is 1.87. The van der Waals surface area contributed by atoms with Gasteiger partial charge in [0.05, 0.1) is 10.0 Å². The van der Waals surface area contributed by atoms with E-state index in [2.05, 4.69) is 15.9 Å². The molecule has 0 aliphatic rings. The minimum absolute atomic E-state index is 0.0791. The molecule has 8 heteroatoms. The van der Waals surface area contributed by atoms with E-state index in [1.807, 2.05) is 13.8 Å². The molecule has 0 fully saturated rings. The average Bonchev–Trinajstić information content (AvgIpc) is 2.30. The third kappa shape index (κ3) is 4.17. The van der Waals surface area contributed by atoms with Gasteiger partial charge >= 0.3 is 5.97 Å². The van der Waals surface area contributed by atoms with E-state index in [1.54, 1.807) is 6.92 Å². The van der Waals surface area contributed by atoms with Crippen molar-refractivity contribution in [1.82, 2.24) is 0 Å². The lowest BCUT2D eigenvalue weighted by molar-refractivity contribution is 0.0237. The molecule has 0 aromatic heterocycles. The zero-order valence-corrected chi connectivity index (χ0v) is 14.1. The molecule has 0 amide bonds. The van der Waals surface area contributed by atoms with E-state index in [0.29, 0.717) is 0 Å². The molecule has 1 aromatic rings. The zero-order valence-electron chi connectivity index (χ0n) is 11.0. The van der Waals surface area contributed by atoms with E-state index in [4.69, 9.17) is 15.4 Å². The summed E-state index contributed by atoms with van der Waals surface area (Å²) >= 11 is 2.78. The predicted molar refractivity (Wildman–Crippen MR) is 76.9 cm³/mol. The molecule has 0 aliphatic carbocycles. The Kier molecular flexibility index (Phi) is 5.57. The van der Waals surface area contributed by atoms with Crippen molar-refractivity contribution in [3.63, 3.8) is 0 Å². The fourth-order valence-electron chi connectivity index (χ4n) is 1.23. The van der Waals surface area contributed by atoms with Crippen LogP contribution in [0.1, 0.15) is 31.1 Å². The first kappa shape index (κ1) is 17.4. The van der Waals surface area contributed by atoms with E-state index >= 15 is 0 Å². The Morgan fingerprint density at radius 2 is 1.90 bits per heavy atom. The van der Waals surface area contributed by atoms with Gasteiger partial charge in [-0.25, -0.2) is 17.6 Å². The highest BCUT2D eigenvalue weighted by Gasteiger charge is 2.23. The van der Waals surface area contributed by atoms with Crippen LogP contribution in [0.25, 0.3) is 0 Å². The van der Waals surface area contributed by atoms with Crippen molar-refractivity contribution < 1.29 is 22.3 Å². The number of ether oxygens (including phenoxy) is 1. The monoisotopic (exact) mass is 386 g/mol. The van der Waals surface area contributed by atoms with Crippen molar-refractivity contribution in [2.75, 3.05) is 0 Å². The Morgan fingerprint density at radius 3 is 2.35 bits per heavy atom. The summed E-state index contributed by atoms with van der Waals surface area (Å²) in [5.74, 6) is -1.63. The van der Waals surface area contributed by atoms with Gasteiger partial charge in [0.2, 0.25) is 0 Å². The van der Waals surface area contributed by atoms with E-state index in [1.165, 1.54) is 0 Å². The molecular formula is C12H13BrClFO4S. The van der Waals surface area contributed by atoms with Gasteiger partial charge in [0.15, 0.2) is 0 Å². The van der Waals surface area contributed by atoms with Crippen LogP contribution < -0.4 is 0 Å². The maximum absolute atomic E-state index is 13.6. The van der Waals surface area contributed by atoms with E-state index in [-0.39, 0.29) is 22.1 Å². The second-order valence-corrected chi connectivity index (χ2v) is 7.89. The summed E-state index contributed by atoms with van der Waals surface area (Å²) in [7, 11) is 1.01. The Balaban J connectivity index is 3.21. The first-order valence-electron chi connectivity index (χ1n) is 5.68. The normalized spacial score (nSPS) is 13.3. The van der Waals surface area contributed by atoms with Crippen molar-refractivity contribution in [3.05, 3.63) is 28.0 Å². The molecule has 1 rings (SSSR count). The zero-order chi connectivity index (χ0) is 15.7. The number of carbonyl (C=O) groups is 1. The van der Waals surface area contributed by atoms with Crippen LogP contribution in [0.2, 0.25) is 0 Å². The van der Waals surface area contributed by atoms with Crippen LogP contribution in [0, 0.1) is 11.7 Å². The Morgan fingerprint density at radius 1 is 1.35 bits per heavy atom. The quantitative estimate of drug-likeness (QED) is 0.583. The maximum atomic E-state index is 13.6. The van der Waals surface area contributed by atoms with E-state index in [9.17, 15) is 17.6 Å². The van der Waals surface area contributed by atoms with Gasteiger partial charge in [0, 0.05) is 10.7 Å². The molecule has 0 saturated carbocycles. The van der Waals surface area contributed by atoms with Crippen molar-refractivity contribution in [1.29, 1.82) is 0 Å². The molecule has 20 heavy (non-hydrogen) atoms. The molecule has 4 nitrogen and oxygen atoms in total. The minimum atomic E-state index is -4.18.